The summed E-state index contributed by atoms with van der Waals surface area (Å²) < 4.78 is 16.5. The van der Waals surface area contributed by atoms with Crippen LogP contribution in [0.15, 0.2) is 122 Å². The van der Waals surface area contributed by atoms with E-state index in [1.54, 1.807) is 6.08 Å². The van der Waals surface area contributed by atoms with Crippen LogP contribution < -0.4 is 0 Å². The molecule has 6 heteroatoms. The molecule has 0 aromatic carbocycles. The van der Waals surface area contributed by atoms with E-state index in [9.17, 15) is 14.4 Å². The number of unbranched alkanes of at least 4 members (excludes halogenated alkanes) is 12. The van der Waals surface area contributed by atoms with Gasteiger partial charge in [0.25, 0.3) is 0 Å². The standard InChI is InChI=1S/C51H78O6/c1-4-7-10-13-16-19-21-23-25-27-29-32-35-38-41-44-50(53)56-47-48(46-55-49(52)43-40-37-34-31-18-15-12-9-6-3)57-51(54)45-42-39-36-33-30-28-26-24-22-20-17-14-11-8-5-2/h7-14,16-23,25,31,37,40,48H,4-6,15,24,26-30,32-36,38-39,41-47H2,1-3H3/b10-7-,11-8-,12-9-,16-13-,17-14-,21-19-,22-20-,25-23-,31-18-,40-37-. The van der Waals surface area contributed by atoms with Crippen molar-refractivity contribution in [3.63, 3.8) is 0 Å². The topological polar surface area (TPSA) is 78.9 Å². The fourth-order valence-corrected chi connectivity index (χ4v) is 5.39. The summed E-state index contributed by atoms with van der Waals surface area (Å²) in [6.07, 6.45) is 60.7. The second-order valence-electron chi connectivity index (χ2n) is 14.0. The van der Waals surface area contributed by atoms with E-state index in [4.69, 9.17) is 14.2 Å². The molecule has 0 aliphatic carbocycles. The number of esters is 3. The smallest absolute Gasteiger partial charge is 0.309 e. The van der Waals surface area contributed by atoms with Crippen molar-refractivity contribution in [2.24, 2.45) is 0 Å². The third-order valence-electron chi connectivity index (χ3n) is 8.63. The van der Waals surface area contributed by atoms with E-state index in [0.29, 0.717) is 6.42 Å². The van der Waals surface area contributed by atoms with Gasteiger partial charge in [0.2, 0.25) is 0 Å². The van der Waals surface area contributed by atoms with Crippen molar-refractivity contribution < 1.29 is 28.6 Å². The molecule has 57 heavy (non-hydrogen) atoms. The van der Waals surface area contributed by atoms with E-state index >= 15 is 0 Å². The molecule has 0 aliphatic rings. The van der Waals surface area contributed by atoms with Gasteiger partial charge in [0.15, 0.2) is 6.10 Å². The molecule has 1 atom stereocenters. The highest BCUT2D eigenvalue weighted by Crippen LogP contribution is 2.12. The molecule has 0 rings (SSSR count). The number of carbonyl (C=O) groups excluding carboxylic acids is 3. The second kappa shape index (κ2) is 44.5. The van der Waals surface area contributed by atoms with Crippen LogP contribution in [0.2, 0.25) is 0 Å². The summed E-state index contributed by atoms with van der Waals surface area (Å²) in [5.74, 6) is -1.10. The van der Waals surface area contributed by atoms with Crippen LogP contribution in [0, 0.1) is 0 Å². The van der Waals surface area contributed by atoms with E-state index in [1.165, 1.54) is 19.3 Å². The van der Waals surface area contributed by atoms with E-state index in [0.717, 1.165) is 103 Å². The van der Waals surface area contributed by atoms with Crippen LogP contribution in [-0.2, 0) is 28.6 Å². The Morgan fingerprint density at radius 2 is 0.772 bits per heavy atom. The molecular formula is C51H78O6. The Kier molecular flexibility index (Phi) is 41.3. The van der Waals surface area contributed by atoms with E-state index in [-0.39, 0.29) is 38.0 Å². The minimum absolute atomic E-state index is 0.122. The number of allylic oxidation sites excluding steroid dienone is 19. The summed E-state index contributed by atoms with van der Waals surface area (Å²) in [5.41, 5.74) is 0. The van der Waals surface area contributed by atoms with E-state index < -0.39 is 12.1 Å². The lowest BCUT2D eigenvalue weighted by Gasteiger charge is -2.18. The molecule has 0 heterocycles. The molecule has 0 saturated carbocycles. The molecule has 0 aromatic rings. The van der Waals surface area contributed by atoms with Crippen LogP contribution in [0.3, 0.4) is 0 Å². The maximum absolute atomic E-state index is 12.7. The Morgan fingerprint density at radius 1 is 0.386 bits per heavy atom. The summed E-state index contributed by atoms with van der Waals surface area (Å²) in [7, 11) is 0. The van der Waals surface area contributed by atoms with Crippen LogP contribution in [-0.4, -0.2) is 37.2 Å². The highest BCUT2D eigenvalue weighted by atomic mass is 16.6. The van der Waals surface area contributed by atoms with Crippen LogP contribution >= 0.6 is 0 Å². The monoisotopic (exact) mass is 787 g/mol. The van der Waals surface area contributed by atoms with E-state index in [1.807, 2.05) is 30.4 Å². The Bertz CT molecular complexity index is 1270. The zero-order chi connectivity index (χ0) is 41.5. The number of hydrogen-bond donors (Lipinski definition) is 0. The summed E-state index contributed by atoms with van der Waals surface area (Å²) >= 11 is 0. The van der Waals surface area contributed by atoms with Crippen molar-refractivity contribution in [1.29, 1.82) is 0 Å². The average Bonchev–Trinajstić information content (AvgIpc) is 3.21. The minimum atomic E-state index is -0.831. The molecule has 6 nitrogen and oxygen atoms in total. The van der Waals surface area contributed by atoms with Crippen LogP contribution in [0.25, 0.3) is 0 Å². The molecule has 1 unspecified atom stereocenters. The van der Waals surface area contributed by atoms with Crippen molar-refractivity contribution in [3.05, 3.63) is 122 Å². The number of carbonyl (C=O) groups is 3. The lowest BCUT2D eigenvalue weighted by atomic mass is 10.1. The fraction of sp³-hybridized carbons (Fsp3) is 0.549. The summed E-state index contributed by atoms with van der Waals surface area (Å²) in [4.78, 5) is 37.6. The Labute approximate surface area is 348 Å². The van der Waals surface area contributed by atoms with Gasteiger partial charge in [-0.2, -0.15) is 0 Å². The lowest BCUT2D eigenvalue weighted by molar-refractivity contribution is -0.166. The normalized spacial score (nSPS) is 13.2. The third kappa shape index (κ3) is 42.8. The Balaban J connectivity index is 4.52. The highest BCUT2D eigenvalue weighted by molar-refractivity contribution is 5.72. The molecule has 0 aliphatic heterocycles. The van der Waals surface area contributed by atoms with Crippen molar-refractivity contribution in [3.8, 4) is 0 Å². The van der Waals surface area contributed by atoms with Crippen molar-refractivity contribution >= 4 is 17.9 Å². The summed E-state index contributed by atoms with van der Waals surface area (Å²) in [6, 6.07) is 0. The molecule has 0 bridgehead atoms. The number of rotatable bonds is 37. The Morgan fingerprint density at radius 3 is 1.28 bits per heavy atom. The van der Waals surface area contributed by atoms with Gasteiger partial charge in [-0.1, -0.05) is 194 Å². The molecule has 0 N–H and O–H groups in total. The second-order valence-corrected chi connectivity index (χ2v) is 14.0. The predicted molar refractivity (Wildman–Crippen MR) is 242 cm³/mol. The zero-order valence-corrected chi connectivity index (χ0v) is 36.0. The molecule has 318 valence electrons. The van der Waals surface area contributed by atoms with Gasteiger partial charge in [-0.15, -0.1) is 0 Å². The van der Waals surface area contributed by atoms with E-state index in [2.05, 4.69) is 106 Å². The molecule has 0 radical (unpaired) electrons. The maximum Gasteiger partial charge on any atom is 0.309 e. The summed E-state index contributed by atoms with van der Waals surface area (Å²) in [6.45, 7) is 6.08. The third-order valence-corrected chi connectivity index (χ3v) is 8.63. The minimum Gasteiger partial charge on any atom is -0.462 e. The first-order valence-electron chi connectivity index (χ1n) is 22.1. The first kappa shape index (κ1) is 52.8. The van der Waals surface area contributed by atoms with Gasteiger partial charge in [-0.3, -0.25) is 14.4 Å². The van der Waals surface area contributed by atoms with Crippen LogP contribution in [0.5, 0.6) is 0 Å². The Hall–Kier alpha value is -4.19. The van der Waals surface area contributed by atoms with Gasteiger partial charge < -0.3 is 14.2 Å². The van der Waals surface area contributed by atoms with Crippen molar-refractivity contribution in [1.82, 2.24) is 0 Å². The fourth-order valence-electron chi connectivity index (χ4n) is 5.39. The van der Waals surface area contributed by atoms with Gasteiger partial charge in [-0.25, -0.2) is 0 Å². The van der Waals surface area contributed by atoms with Gasteiger partial charge in [0.05, 0.1) is 6.42 Å². The zero-order valence-electron chi connectivity index (χ0n) is 36.0. The molecule has 0 amide bonds. The maximum atomic E-state index is 12.7. The van der Waals surface area contributed by atoms with Crippen molar-refractivity contribution in [2.75, 3.05) is 13.2 Å². The molecule has 0 aromatic heterocycles. The molecule has 0 spiro atoms. The van der Waals surface area contributed by atoms with Gasteiger partial charge >= 0.3 is 17.9 Å². The molecule has 0 fully saturated rings. The predicted octanol–water partition coefficient (Wildman–Crippen LogP) is 14.2. The lowest BCUT2D eigenvalue weighted by Crippen LogP contribution is -2.30. The molecule has 0 saturated heterocycles. The van der Waals surface area contributed by atoms with Crippen molar-refractivity contribution in [2.45, 2.75) is 168 Å². The summed E-state index contributed by atoms with van der Waals surface area (Å²) in [5, 5.41) is 0. The van der Waals surface area contributed by atoms with Crippen LogP contribution in [0.1, 0.15) is 162 Å². The first-order chi connectivity index (χ1) is 28.0. The van der Waals surface area contributed by atoms with Gasteiger partial charge in [0.1, 0.15) is 13.2 Å². The quantitative estimate of drug-likeness (QED) is 0.0205. The molecular weight excluding hydrogens is 709 g/mol. The van der Waals surface area contributed by atoms with Crippen LogP contribution in [0.4, 0.5) is 0 Å². The van der Waals surface area contributed by atoms with Gasteiger partial charge in [0, 0.05) is 12.8 Å². The number of ether oxygens (including phenoxy) is 3. The SMILES string of the molecule is CC\C=C/C=C\C=C/C=C\CCCCCCCC(=O)OCC(COC(=O)C/C=C\C/C=C\C/C=C\CC)OC(=O)CCCCCCCCC\C=C/C=C\C=C/CC. The number of hydrogen-bond acceptors (Lipinski definition) is 6. The highest BCUT2D eigenvalue weighted by Gasteiger charge is 2.19. The first-order valence-corrected chi connectivity index (χ1v) is 22.1. The van der Waals surface area contributed by atoms with Gasteiger partial charge in [-0.05, 0) is 70.6 Å². The average molecular weight is 787 g/mol. The largest absolute Gasteiger partial charge is 0.462 e.